The SMILES string of the molecule is COc1cccc(CNC(=O)Cn2cnc3c(c(C)c(C)n3-c3ccc(C)cc3)c2=O)c1. The third-order valence-corrected chi connectivity index (χ3v) is 5.71. The van der Waals surface area contributed by atoms with Gasteiger partial charge in [0.2, 0.25) is 5.91 Å². The molecule has 2 aromatic carbocycles. The van der Waals surface area contributed by atoms with Crippen LogP contribution < -0.4 is 15.6 Å². The molecule has 0 radical (unpaired) electrons. The Kier molecular flexibility index (Phi) is 5.81. The van der Waals surface area contributed by atoms with Gasteiger partial charge in [-0.05, 0) is 56.2 Å². The van der Waals surface area contributed by atoms with Crippen molar-refractivity contribution in [1.29, 1.82) is 0 Å². The van der Waals surface area contributed by atoms with Crippen LogP contribution in [0.1, 0.15) is 22.4 Å². The number of fused-ring (bicyclic) bond motifs is 1. The molecule has 32 heavy (non-hydrogen) atoms. The molecule has 0 atom stereocenters. The summed E-state index contributed by atoms with van der Waals surface area (Å²) in [6, 6.07) is 15.6. The van der Waals surface area contributed by atoms with Gasteiger partial charge in [0.05, 0.1) is 12.5 Å². The summed E-state index contributed by atoms with van der Waals surface area (Å²) in [7, 11) is 1.60. The quantitative estimate of drug-likeness (QED) is 0.508. The number of amides is 1. The third kappa shape index (κ3) is 4.01. The molecular formula is C25H26N4O3. The number of methoxy groups -OCH3 is 1. The van der Waals surface area contributed by atoms with E-state index in [1.807, 2.05) is 73.9 Å². The Morgan fingerprint density at radius 1 is 1.09 bits per heavy atom. The molecule has 0 spiro atoms. The smallest absolute Gasteiger partial charge is 0.263 e. The fraction of sp³-hybridized carbons (Fsp3) is 0.240. The van der Waals surface area contributed by atoms with Crippen molar-refractivity contribution in [3.8, 4) is 11.4 Å². The molecule has 4 aromatic rings. The Hall–Kier alpha value is -3.87. The molecule has 1 N–H and O–H groups in total. The zero-order valence-corrected chi connectivity index (χ0v) is 18.7. The average molecular weight is 431 g/mol. The number of hydrogen-bond acceptors (Lipinski definition) is 4. The summed E-state index contributed by atoms with van der Waals surface area (Å²) in [6.07, 6.45) is 1.44. The van der Waals surface area contributed by atoms with Crippen LogP contribution in [0.3, 0.4) is 0 Å². The van der Waals surface area contributed by atoms with Crippen molar-refractivity contribution in [3.05, 3.63) is 87.6 Å². The van der Waals surface area contributed by atoms with Gasteiger partial charge in [0, 0.05) is 17.9 Å². The number of nitrogens with zero attached hydrogens (tertiary/aromatic N) is 3. The lowest BCUT2D eigenvalue weighted by Crippen LogP contribution is -2.32. The number of rotatable bonds is 6. The van der Waals surface area contributed by atoms with Crippen molar-refractivity contribution in [2.24, 2.45) is 0 Å². The number of aryl methyl sites for hydroxylation is 2. The van der Waals surface area contributed by atoms with Crippen LogP contribution >= 0.6 is 0 Å². The van der Waals surface area contributed by atoms with Crippen LogP contribution in [-0.2, 0) is 17.9 Å². The lowest BCUT2D eigenvalue weighted by atomic mass is 10.2. The molecule has 0 saturated carbocycles. The summed E-state index contributed by atoms with van der Waals surface area (Å²) in [5, 5.41) is 3.38. The molecular weight excluding hydrogens is 404 g/mol. The molecule has 4 rings (SSSR count). The lowest BCUT2D eigenvalue weighted by molar-refractivity contribution is -0.121. The number of aromatic nitrogens is 3. The van der Waals surface area contributed by atoms with E-state index >= 15 is 0 Å². The Balaban J connectivity index is 1.60. The van der Waals surface area contributed by atoms with Crippen molar-refractivity contribution in [2.45, 2.75) is 33.9 Å². The van der Waals surface area contributed by atoms with Gasteiger partial charge in [-0.25, -0.2) is 4.98 Å². The minimum Gasteiger partial charge on any atom is -0.497 e. The summed E-state index contributed by atoms with van der Waals surface area (Å²) >= 11 is 0. The average Bonchev–Trinajstić information content (AvgIpc) is 3.05. The highest BCUT2D eigenvalue weighted by Crippen LogP contribution is 2.25. The number of carbonyl (C=O) groups is 1. The molecule has 0 aliphatic rings. The van der Waals surface area contributed by atoms with E-state index in [2.05, 4.69) is 10.3 Å². The van der Waals surface area contributed by atoms with E-state index in [9.17, 15) is 9.59 Å². The van der Waals surface area contributed by atoms with Gasteiger partial charge in [-0.2, -0.15) is 0 Å². The van der Waals surface area contributed by atoms with Crippen molar-refractivity contribution in [2.75, 3.05) is 7.11 Å². The molecule has 7 nitrogen and oxygen atoms in total. The van der Waals surface area contributed by atoms with Gasteiger partial charge < -0.3 is 10.1 Å². The summed E-state index contributed by atoms with van der Waals surface area (Å²) in [4.78, 5) is 30.3. The van der Waals surface area contributed by atoms with E-state index < -0.39 is 0 Å². The number of benzene rings is 2. The molecule has 0 unspecified atom stereocenters. The minimum absolute atomic E-state index is 0.0973. The zero-order valence-electron chi connectivity index (χ0n) is 18.7. The summed E-state index contributed by atoms with van der Waals surface area (Å²) in [5.74, 6) is 0.468. The first-order valence-electron chi connectivity index (χ1n) is 10.4. The Bertz CT molecular complexity index is 1350. The summed E-state index contributed by atoms with van der Waals surface area (Å²) in [6.45, 7) is 6.17. The van der Waals surface area contributed by atoms with E-state index in [-0.39, 0.29) is 18.0 Å². The van der Waals surface area contributed by atoms with Crippen LogP contribution in [0.25, 0.3) is 16.7 Å². The molecule has 0 fully saturated rings. The zero-order chi connectivity index (χ0) is 22.8. The largest absolute Gasteiger partial charge is 0.497 e. The molecule has 0 aliphatic heterocycles. The number of nitrogens with one attached hydrogen (secondary N) is 1. The van der Waals surface area contributed by atoms with Crippen LogP contribution in [0, 0.1) is 20.8 Å². The third-order valence-electron chi connectivity index (χ3n) is 5.71. The van der Waals surface area contributed by atoms with Crippen molar-refractivity contribution < 1.29 is 9.53 Å². The van der Waals surface area contributed by atoms with E-state index in [1.165, 1.54) is 10.9 Å². The minimum atomic E-state index is -0.261. The molecule has 0 aliphatic carbocycles. The number of carbonyl (C=O) groups excluding carboxylic acids is 1. The van der Waals surface area contributed by atoms with Crippen molar-refractivity contribution in [3.63, 3.8) is 0 Å². The highest BCUT2D eigenvalue weighted by Gasteiger charge is 2.18. The first-order chi connectivity index (χ1) is 15.4. The second-order valence-electron chi connectivity index (χ2n) is 7.89. The van der Waals surface area contributed by atoms with Gasteiger partial charge in [-0.1, -0.05) is 29.8 Å². The van der Waals surface area contributed by atoms with E-state index in [0.29, 0.717) is 17.6 Å². The van der Waals surface area contributed by atoms with Crippen molar-refractivity contribution >= 4 is 16.9 Å². The van der Waals surface area contributed by atoms with Gasteiger partial charge in [0.25, 0.3) is 5.56 Å². The number of hydrogen-bond donors (Lipinski definition) is 1. The molecule has 164 valence electrons. The van der Waals surface area contributed by atoms with Crippen molar-refractivity contribution in [1.82, 2.24) is 19.4 Å². The Labute approximate surface area is 186 Å². The van der Waals surface area contributed by atoms with E-state index in [1.54, 1.807) is 7.11 Å². The second-order valence-corrected chi connectivity index (χ2v) is 7.89. The molecule has 7 heteroatoms. The molecule has 0 saturated heterocycles. The summed E-state index contributed by atoms with van der Waals surface area (Å²) < 4.78 is 8.55. The predicted molar refractivity (Wildman–Crippen MR) is 124 cm³/mol. The number of ether oxygens (including phenoxy) is 1. The first kappa shape index (κ1) is 21.4. The standard InChI is InChI=1S/C25H26N4O3/c1-16-8-10-20(11-9-16)29-18(3)17(2)23-24(29)27-15-28(25(23)31)14-22(30)26-13-19-6-5-7-21(12-19)32-4/h5-12,15H,13-14H2,1-4H3,(H,26,30). The van der Waals surface area contributed by atoms with Crippen LogP contribution in [0.2, 0.25) is 0 Å². The van der Waals surface area contributed by atoms with E-state index in [0.717, 1.165) is 33.8 Å². The normalized spacial score (nSPS) is 11.0. The lowest BCUT2D eigenvalue weighted by Gasteiger charge is -2.10. The van der Waals surface area contributed by atoms with Gasteiger partial charge >= 0.3 is 0 Å². The topological polar surface area (TPSA) is 78.2 Å². The highest BCUT2D eigenvalue weighted by atomic mass is 16.5. The maximum Gasteiger partial charge on any atom is 0.263 e. The second kappa shape index (κ2) is 8.70. The van der Waals surface area contributed by atoms with Gasteiger partial charge in [0.1, 0.15) is 18.6 Å². The maximum absolute atomic E-state index is 13.2. The fourth-order valence-electron chi connectivity index (χ4n) is 3.80. The monoisotopic (exact) mass is 430 g/mol. The predicted octanol–water partition coefficient (Wildman–Crippen LogP) is 3.44. The van der Waals surface area contributed by atoms with Crippen LogP contribution in [0.4, 0.5) is 0 Å². The van der Waals surface area contributed by atoms with E-state index in [4.69, 9.17) is 4.74 Å². The van der Waals surface area contributed by atoms with Gasteiger partial charge in [-0.15, -0.1) is 0 Å². The Morgan fingerprint density at radius 3 is 2.56 bits per heavy atom. The van der Waals surface area contributed by atoms with Crippen LogP contribution in [-0.4, -0.2) is 27.1 Å². The van der Waals surface area contributed by atoms with Gasteiger partial charge in [-0.3, -0.25) is 18.7 Å². The Morgan fingerprint density at radius 2 is 1.84 bits per heavy atom. The summed E-state index contributed by atoms with van der Waals surface area (Å²) in [5.41, 5.74) is 5.22. The molecule has 2 heterocycles. The van der Waals surface area contributed by atoms with Crippen LogP contribution in [0.15, 0.2) is 59.7 Å². The molecule has 2 aromatic heterocycles. The van der Waals surface area contributed by atoms with Crippen LogP contribution in [0.5, 0.6) is 5.75 Å². The first-order valence-corrected chi connectivity index (χ1v) is 10.4. The maximum atomic E-state index is 13.2. The van der Waals surface area contributed by atoms with Gasteiger partial charge in [0.15, 0.2) is 5.65 Å². The molecule has 1 amide bonds. The highest BCUT2D eigenvalue weighted by molar-refractivity contribution is 5.83. The molecule has 0 bridgehead atoms. The fourth-order valence-corrected chi connectivity index (χ4v) is 3.80.